The minimum Gasteiger partial charge on any atom is -0.493 e. The molecule has 0 aliphatic rings. The van der Waals surface area contributed by atoms with Crippen molar-refractivity contribution >= 4 is 37.5 Å². The molecule has 5 nitrogen and oxygen atoms in total. The number of hydrogen-bond donors (Lipinski definition) is 0. The number of hydrogen-bond acceptors (Lipinski definition) is 5. The topological polar surface area (TPSA) is 53.4 Å². The molecule has 29 heavy (non-hydrogen) atoms. The Morgan fingerprint density at radius 1 is 1.10 bits per heavy atom. The van der Waals surface area contributed by atoms with Crippen LogP contribution in [0.2, 0.25) is 0 Å². The Hall–Kier alpha value is -2.64. The van der Waals surface area contributed by atoms with E-state index in [1.54, 1.807) is 36.5 Å². The molecule has 0 fully saturated rings. The molecule has 4 aromatic rings. The third kappa shape index (κ3) is 3.56. The van der Waals surface area contributed by atoms with Crippen LogP contribution in [0.15, 0.2) is 58.1 Å². The second kappa shape index (κ2) is 8.00. The molecular weight excluding hydrogens is 452 g/mol. The Kier molecular flexibility index (Phi) is 5.43. The molecule has 148 valence electrons. The van der Waals surface area contributed by atoms with Crippen molar-refractivity contribution in [1.29, 1.82) is 0 Å². The molecule has 2 aromatic carbocycles. The lowest BCUT2D eigenvalue weighted by molar-refractivity contribution is 0.354. The second-order valence-electron chi connectivity index (χ2n) is 6.56. The summed E-state index contributed by atoms with van der Waals surface area (Å²) in [6, 6.07) is 13.7. The molecule has 0 saturated carbocycles. The third-order valence-corrected chi connectivity index (χ3v) is 6.56. The van der Waals surface area contributed by atoms with E-state index in [9.17, 15) is 4.79 Å². The minimum atomic E-state index is -0.0557. The Labute approximate surface area is 180 Å². The first kappa shape index (κ1) is 19.7. The fourth-order valence-electron chi connectivity index (χ4n) is 3.40. The summed E-state index contributed by atoms with van der Waals surface area (Å²) in [4.78, 5) is 19.8. The summed E-state index contributed by atoms with van der Waals surface area (Å²) in [6.45, 7) is 2.40. The lowest BCUT2D eigenvalue weighted by atomic mass is 10.0. The summed E-state index contributed by atoms with van der Waals surface area (Å²) in [5, 5.41) is 0.665. The normalized spacial score (nSPS) is 11.0. The highest BCUT2D eigenvalue weighted by Crippen LogP contribution is 2.36. The van der Waals surface area contributed by atoms with Crippen molar-refractivity contribution in [2.75, 3.05) is 14.2 Å². The Morgan fingerprint density at radius 2 is 1.79 bits per heavy atom. The summed E-state index contributed by atoms with van der Waals surface area (Å²) in [5.74, 6) is 1.24. The van der Waals surface area contributed by atoms with Gasteiger partial charge in [-0.3, -0.25) is 9.36 Å². The maximum Gasteiger partial charge on any atom is 0.263 e. The largest absolute Gasteiger partial charge is 0.493 e. The highest BCUT2D eigenvalue weighted by atomic mass is 79.9. The molecule has 0 unspecified atom stereocenters. The third-order valence-electron chi connectivity index (χ3n) is 4.81. The van der Waals surface area contributed by atoms with Crippen molar-refractivity contribution in [3.05, 3.63) is 74.1 Å². The SMILES string of the molecule is COc1cc(Br)c(Cn2cnc3sc(C)c(-c4ccccc4)c3c2=O)cc1OC. The predicted molar refractivity (Wildman–Crippen MR) is 120 cm³/mol. The van der Waals surface area contributed by atoms with E-state index in [1.165, 1.54) is 0 Å². The smallest absolute Gasteiger partial charge is 0.263 e. The van der Waals surface area contributed by atoms with Gasteiger partial charge in [0.15, 0.2) is 11.5 Å². The average Bonchev–Trinajstić information content (AvgIpc) is 3.08. The quantitative estimate of drug-likeness (QED) is 0.399. The van der Waals surface area contributed by atoms with Gasteiger partial charge in [0, 0.05) is 14.9 Å². The van der Waals surface area contributed by atoms with E-state index in [2.05, 4.69) is 20.9 Å². The summed E-state index contributed by atoms with van der Waals surface area (Å²) in [7, 11) is 3.19. The van der Waals surface area contributed by atoms with Crippen LogP contribution >= 0.6 is 27.3 Å². The van der Waals surface area contributed by atoms with Gasteiger partial charge in [-0.25, -0.2) is 4.98 Å². The average molecular weight is 471 g/mol. The molecule has 2 aromatic heterocycles. The number of fused-ring (bicyclic) bond motifs is 1. The zero-order valence-corrected chi connectivity index (χ0v) is 18.6. The van der Waals surface area contributed by atoms with Gasteiger partial charge in [0.25, 0.3) is 5.56 Å². The van der Waals surface area contributed by atoms with Crippen molar-refractivity contribution in [3.8, 4) is 22.6 Å². The van der Waals surface area contributed by atoms with Crippen LogP contribution < -0.4 is 15.0 Å². The van der Waals surface area contributed by atoms with Crippen LogP contribution in [-0.2, 0) is 6.54 Å². The van der Waals surface area contributed by atoms with E-state index in [0.717, 1.165) is 30.9 Å². The van der Waals surface area contributed by atoms with Gasteiger partial charge in [0.1, 0.15) is 4.83 Å². The van der Waals surface area contributed by atoms with Gasteiger partial charge < -0.3 is 9.47 Å². The summed E-state index contributed by atoms with van der Waals surface area (Å²) < 4.78 is 13.2. The van der Waals surface area contributed by atoms with Gasteiger partial charge in [-0.2, -0.15) is 0 Å². The molecule has 7 heteroatoms. The number of methoxy groups -OCH3 is 2. The zero-order chi connectivity index (χ0) is 20.5. The first-order chi connectivity index (χ1) is 14.0. The fraction of sp³-hybridized carbons (Fsp3) is 0.182. The predicted octanol–water partition coefficient (Wildman–Crippen LogP) is 5.26. The van der Waals surface area contributed by atoms with Crippen molar-refractivity contribution in [3.63, 3.8) is 0 Å². The zero-order valence-electron chi connectivity index (χ0n) is 16.2. The summed E-state index contributed by atoms with van der Waals surface area (Å²) in [5.41, 5.74) is 2.84. The van der Waals surface area contributed by atoms with E-state index >= 15 is 0 Å². The molecular formula is C22H19BrN2O3S. The number of halogens is 1. The second-order valence-corrected chi connectivity index (χ2v) is 8.61. The first-order valence-corrected chi connectivity index (χ1v) is 10.6. The van der Waals surface area contributed by atoms with Crippen LogP contribution in [0, 0.1) is 6.92 Å². The van der Waals surface area contributed by atoms with Crippen molar-refractivity contribution in [2.24, 2.45) is 0 Å². The molecule has 4 rings (SSSR count). The number of aryl methyl sites for hydroxylation is 1. The molecule has 0 aliphatic carbocycles. The van der Waals surface area contributed by atoms with Gasteiger partial charge in [-0.1, -0.05) is 46.3 Å². The highest BCUT2D eigenvalue weighted by molar-refractivity contribution is 9.10. The van der Waals surface area contributed by atoms with Crippen LogP contribution in [0.3, 0.4) is 0 Å². The molecule has 2 heterocycles. The molecule has 0 N–H and O–H groups in total. The number of rotatable bonds is 5. The molecule has 0 spiro atoms. The molecule has 0 bridgehead atoms. The molecule has 0 radical (unpaired) electrons. The van der Waals surface area contributed by atoms with E-state index in [1.807, 2.05) is 49.4 Å². The van der Waals surface area contributed by atoms with Crippen molar-refractivity contribution in [2.45, 2.75) is 13.5 Å². The Bertz CT molecular complexity index is 1250. The van der Waals surface area contributed by atoms with Gasteiger partial charge in [-0.05, 0) is 30.2 Å². The highest BCUT2D eigenvalue weighted by Gasteiger charge is 2.18. The number of benzene rings is 2. The fourth-order valence-corrected chi connectivity index (χ4v) is 4.85. The van der Waals surface area contributed by atoms with Crippen LogP contribution in [0.1, 0.15) is 10.4 Å². The number of thiophene rings is 1. The van der Waals surface area contributed by atoms with Gasteiger partial charge in [0.05, 0.1) is 32.5 Å². The maximum atomic E-state index is 13.4. The molecule has 0 saturated heterocycles. The van der Waals surface area contributed by atoms with Crippen LogP contribution in [0.4, 0.5) is 0 Å². The molecule has 0 aliphatic heterocycles. The van der Waals surface area contributed by atoms with Gasteiger partial charge in [0.2, 0.25) is 0 Å². The lowest BCUT2D eigenvalue weighted by Crippen LogP contribution is -2.21. The van der Waals surface area contributed by atoms with Crippen molar-refractivity contribution in [1.82, 2.24) is 9.55 Å². The van der Waals surface area contributed by atoms with E-state index < -0.39 is 0 Å². The number of nitrogens with zero attached hydrogens (tertiary/aromatic N) is 2. The summed E-state index contributed by atoms with van der Waals surface area (Å²) >= 11 is 5.12. The molecule has 0 amide bonds. The van der Waals surface area contributed by atoms with E-state index in [0.29, 0.717) is 23.4 Å². The van der Waals surface area contributed by atoms with Crippen LogP contribution in [0.25, 0.3) is 21.3 Å². The number of ether oxygens (including phenoxy) is 2. The van der Waals surface area contributed by atoms with Crippen LogP contribution in [-0.4, -0.2) is 23.8 Å². The standard InChI is InChI=1S/C22H19BrN2O3S/c1-13-19(14-7-5-4-6-8-14)20-21(29-13)24-12-25(22(20)26)11-15-9-17(27-2)18(28-3)10-16(15)23/h4-10,12H,11H2,1-3H3. The van der Waals surface area contributed by atoms with Crippen LogP contribution in [0.5, 0.6) is 11.5 Å². The monoisotopic (exact) mass is 470 g/mol. The minimum absolute atomic E-state index is 0.0557. The first-order valence-electron chi connectivity index (χ1n) is 8.97. The van der Waals surface area contributed by atoms with E-state index in [-0.39, 0.29) is 5.56 Å². The number of aromatic nitrogens is 2. The summed E-state index contributed by atoms with van der Waals surface area (Å²) in [6.07, 6.45) is 1.61. The van der Waals surface area contributed by atoms with Crippen molar-refractivity contribution < 1.29 is 9.47 Å². The Balaban J connectivity index is 1.85. The van der Waals surface area contributed by atoms with Gasteiger partial charge >= 0.3 is 0 Å². The van der Waals surface area contributed by atoms with E-state index in [4.69, 9.17) is 9.47 Å². The molecule has 0 atom stereocenters. The lowest BCUT2D eigenvalue weighted by Gasteiger charge is -2.13. The Morgan fingerprint density at radius 3 is 2.48 bits per heavy atom. The van der Waals surface area contributed by atoms with Gasteiger partial charge in [-0.15, -0.1) is 11.3 Å². The maximum absolute atomic E-state index is 13.4.